The Kier molecular flexibility index (Phi) is 4.92. The topological polar surface area (TPSA) is 101 Å². The summed E-state index contributed by atoms with van der Waals surface area (Å²) in [6.45, 7) is 6.58. The van der Waals surface area contributed by atoms with Crippen LogP contribution in [0.5, 0.6) is 0 Å². The molecule has 0 aliphatic rings. The van der Waals surface area contributed by atoms with Gasteiger partial charge in [0.15, 0.2) is 0 Å². The lowest BCUT2D eigenvalue weighted by Gasteiger charge is -2.18. The van der Waals surface area contributed by atoms with Crippen molar-refractivity contribution in [1.82, 2.24) is 0 Å². The van der Waals surface area contributed by atoms with Gasteiger partial charge >= 0.3 is 10.4 Å². The normalized spacial score (nSPS) is 11.6. The standard InChI is InChI=1S/C10H15N.H2O4S/c1-10(2,3)8-4-6-9(11)7-5-8;1-5(2,3)4/h4-7H,11H2,1-3H3;(H2,1,2,3,4). The van der Waals surface area contributed by atoms with Crippen LogP contribution < -0.4 is 5.73 Å². The largest absolute Gasteiger partial charge is 0.399 e. The summed E-state index contributed by atoms with van der Waals surface area (Å²) in [5.74, 6) is 0. The number of nitrogens with two attached hydrogens (primary N) is 1. The minimum Gasteiger partial charge on any atom is -0.399 e. The Morgan fingerprint density at radius 1 is 1.06 bits per heavy atom. The molecule has 0 heterocycles. The predicted octanol–water partition coefficient (Wildman–Crippen LogP) is 1.91. The van der Waals surface area contributed by atoms with Gasteiger partial charge < -0.3 is 5.73 Å². The first-order valence-electron chi connectivity index (χ1n) is 4.56. The van der Waals surface area contributed by atoms with E-state index in [0.717, 1.165) is 5.69 Å². The number of hydrogen-bond acceptors (Lipinski definition) is 3. The van der Waals surface area contributed by atoms with Gasteiger partial charge in [0.25, 0.3) is 0 Å². The zero-order valence-corrected chi connectivity index (χ0v) is 10.3. The van der Waals surface area contributed by atoms with Gasteiger partial charge in [0.2, 0.25) is 0 Å². The van der Waals surface area contributed by atoms with Crippen molar-refractivity contribution in [3.05, 3.63) is 29.8 Å². The molecule has 0 aliphatic carbocycles. The van der Waals surface area contributed by atoms with Gasteiger partial charge in [0.1, 0.15) is 0 Å². The molecule has 1 aromatic rings. The highest BCUT2D eigenvalue weighted by molar-refractivity contribution is 7.79. The summed E-state index contributed by atoms with van der Waals surface area (Å²) in [6.07, 6.45) is 0. The Morgan fingerprint density at radius 2 is 1.38 bits per heavy atom. The summed E-state index contributed by atoms with van der Waals surface area (Å²) < 4.78 is 31.6. The molecule has 0 amide bonds. The van der Waals surface area contributed by atoms with E-state index in [0.29, 0.717) is 0 Å². The van der Waals surface area contributed by atoms with Crippen LogP contribution in [0.4, 0.5) is 5.69 Å². The Balaban J connectivity index is 0.000000385. The van der Waals surface area contributed by atoms with E-state index in [4.69, 9.17) is 23.3 Å². The third-order valence-electron chi connectivity index (χ3n) is 1.78. The van der Waals surface area contributed by atoms with Gasteiger partial charge in [0, 0.05) is 5.69 Å². The van der Waals surface area contributed by atoms with Crippen LogP contribution in [0.1, 0.15) is 26.3 Å². The van der Waals surface area contributed by atoms with Crippen LogP contribution in [0.25, 0.3) is 0 Å². The van der Waals surface area contributed by atoms with Gasteiger partial charge in [-0.2, -0.15) is 8.42 Å². The fourth-order valence-corrected chi connectivity index (χ4v) is 0.983. The molecule has 4 N–H and O–H groups in total. The maximum atomic E-state index is 8.74. The van der Waals surface area contributed by atoms with Crippen LogP contribution in [-0.4, -0.2) is 17.5 Å². The summed E-state index contributed by atoms with van der Waals surface area (Å²) >= 11 is 0. The summed E-state index contributed by atoms with van der Waals surface area (Å²) in [5, 5.41) is 0. The monoisotopic (exact) mass is 247 g/mol. The molecule has 0 unspecified atom stereocenters. The lowest BCUT2D eigenvalue weighted by atomic mass is 9.87. The van der Waals surface area contributed by atoms with E-state index in [9.17, 15) is 0 Å². The summed E-state index contributed by atoms with van der Waals surface area (Å²) in [5.41, 5.74) is 7.96. The van der Waals surface area contributed by atoms with Crippen molar-refractivity contribution in [2.24, 2.45) is 0 Å². The number of benzene rings is 1. The van der Waals surface area contributed by atoms with Crippen LogP contribution in [0.15, 0.2) is 24.3 Å². The highest BCUT2D eigenvalue weighted by Crippen LogP contribution is 2.22. The molecule has 0 radical (unpaired) electrons. The second-order valence-corrected chi connectivity index (χ2v) is 5.22. The van der Waals surface area contributed by atoms with Crippen LogP contribution in [0, 0.1) is 0 Å². The molecule has 16 heavy (non-hydrogen) atoms. The average molecular weight is 247 g/mol. The Labute approximate surface area is 95.9 Å². The Bertz CT molecular complexity index is 409. The van der Waals surface area contributed by atoms with Crippen LogP contribution in [0.2, 0.25) is 0 Å². The highest BCUT2D eigenvalue weighted by atomic mass is 32.3. The third kappa shape index (κ3) is 8.22. The third-order valence-corrected chi connectivity index (χ3v) is 1.78. The first kappa shape index (κ1) is 14.9. The number of nitrogen functional groups attached to an aromatic ring is 1. The number of anilines is 1. The van der Waals surface area contributed by atoms with Gasteiger partial charge in [-0.3, -0.25) is 9.11 Å². The zero-order valence-electron chi connectivity index (χ0n) is 9.51. The Hall–Kier alpha value is -1.11. The van der Waals surface area contributed by atoms with Crippen molar-refractivity contribution < 1.29 is 17.5 Å². The quantitative estimate of drug-likeness (QED) is 0.480. The molecule has 1 aromatic carbocycles. The zero-order chi connectivity index (χ0) is 13.0. The second kappa shape index (κ2) is 5.29. The molecule has 5 nitrogen and oxygen atoms in total. The maximum absolute atomic E-state index is 8.74. The average Bonchev–Trinajstić information content (AvgIpc) is 1.99. The van der Waals surface area contributed by atoms with Crippen molar-refractivity contribution >= 4 is 16.1 Å². The minimum absolute atomic E-state index is 0.230. The van der Waals surface area contributed by atoms with E-state index >= 15 is 0 Å². The lowest BCUT2D eigenvalue weighted by Crippen LogP contribution is -2.10. The first-order chi connectivity index (χ1) is 7.00. The molecule has 6 heteroatoms. The van der Waals surface area contributed by atoms with Gasteiger partial charge in [-0.1, -0.05) is 32.9 Å². The molecule has 0 saturated carbocycles. The van der Waals surface area contributed by atoms with Crippen molar-refractivity contribution in [2.45, 2.75) is 26.2 Å². The van der Waals surface area contributed by atoms with E-state index in [2.05, 4.69) is 32.9 Å². The van der Waals surface area contributed by atoms with Gasteiger partial charge in [-0.05, 0) is 23.1 Å². The molecule has 92 valence electrons. The summed E-state index contributed by atoms with van der Waals surface area (Å²) in [7, 11) is -4.67. The second-order valence-electron chi connectivity index (χ2n) is 4.32. The van der Waals surface area contributed by atoms with Crippen LogP contribution in [0.3, 0.4) is 0 Å². The van der Waals surface area contributed by atoms with E-state index in [-0.39, 0.29) is 5.41 Å². The summed E-state index contributed by atoms with van der Waals surface area (Å²) in [6, 6.07) is 8.05. The molecule has 0 bridgehead atoms. The van der Waals surface area contributed by atoms with Crippen molar-refractivity contribution in [1.29, 1.82) is 0 Å². The summed E-state index contributed by atoms with van der Waals surface area (Å²) in [4.78, 5) is 0. The van der Waals surface area contributed by atoms with E-state index in [1.54, 1.807) is 0 Å². The molecular weight excluding hydrogens is 230 g/mol. The molecule has 0 aromatic heterocycles. The van der Waals surface area contributed by atoms with Gasteiger partial charge in [-0.25, -0.2) is 0 Å². The van der Waals surface area contributed by atoms with E-state index in [1.165, 1.54) is 5.56 Å². The molecule has 0 fully saturated rings. The fourth-order valence-electron chi connectivity index (χ4n) is 0.983. The molecule has 0 spiro atoms. The van der Waals surface area contributed by atoms with Crippen LogP contribution in [-0.2, 0) is 15.8 Å². The molecule has 1 rings (SSSR count). The van der Waals surface area contributed by atoms with E-state index in [1.807, 2.05) is 12.1 Å². The van der Waals surface area contributed by atoms with Crippen molar-refractivity contribution in [3.8, 4) is 0 Å². The lowest BCUT2D eigenvalue weighted by molar-refractivity contribution is 0.381. The Morgan fingerprint density at radius 3 is 1.62 bits per heavy atom. The molecule has 0 aliphatic heterocycles. The number of rotatable bonds is 0. The van der Waals surface area contributed by atoms with Crippen LogP contribution >= 0.6 is 0 Å². The van der Waals surface area contributed by atoms with Gasteiger partial charge in [-0.15, -0.1) is 0 Å². The molecular formula is C10H17NO4S. The minimum atomic E-state index is -4.67. The molecule has 0 atom stereocenters. The van der Waals surface area contributed by atoms with E-state index < -0.39 is 10.4 Å². The van der Waals surface area contributed by atoms with Crippen molar-refractivity contribution in [2.75, 3.05) is 5.73 Å². The smallest absolute Gasteiger partial charge is 0.394 e. The fraction of sp³-hybridized carbons (Fsp3) is 0.400. The van der Waals surface area contributed by atoms with Crippen molar-refractivity contribution in [3.63, 3.8) is 0 Å². The maximum Gasteiger partial charge on any atom is 0.394 e. The predicted molar refractivity (Wildman–Crippen MR) is 63.7 cm³/mol. The SMILES string of the molecule is CC(C)(C)c1ccc(N)cc1.O=S(=O)(O)O. The number of hydrogen-bond donors (Lipinski definition) is 3. The highest BCUT2D eigenvalue weighted by Gasteiger charge is 2.11. The van der Waals surface area contributed by atoms with Gasteiger partial charge in [0.05, 0.1) is 0 Å². The first-order valence-corrected chi connectivity index (χ1v) is 5.96. The molecule has 0 saturated heterocycles.